The van der Waals surface area contributed by atoms with Gasteiger partial charge in [0.25, 0.3) is 0 Å². The van der Waals surface area contributed by atoms with E-state index in [-0.39, 0.29) is 11.2 Å². The molecule has 1 aromatic rings. The number of rotatable bonds is 6. The lowest BCUT2D eigenvalue weighted by atomic mass is 10.1. The van der Waals surface area contributed by atoms with Crippen LogP contribution in [0.15, 0.2) is 30.3 Å². The van der Waals surface area contributed by atoms with Gasteiger partial charge in [0, 0.05) is 17.4 Å². The van der Waals surface area contributed by atoms with Crippen LogP contribution in [0.5, 0.6) is 0 Å². The molecular weight excluding hydrogens is 350 g/mol. The van der Waals surface area contributed by atoms with E-state index in [9.17, 15) is 4.79 Å². The van der Waals surface area contributed by atoms with Crippen LogP contribution in [0.2, 0.25) is 0 Å². The van der Waals surface area contributed by atoms with Gasteiger partial charge >= 0.3 is 0 Å². The summed E-state index contributed by atoms with van der Waals surface area (Å²) in [5.41, 5.74) is 7.08. The van der Waals surface area contributed by atoms with Gasteiger partial charge in [0.1, 0.15) is 0 Å². The predicted molar refractivity (Wildman–Crippen MR) is 98.8 cm³/mol. The molecule has 1 unspecified atom stereocenters. The average molecular weight is 372 g/mol. The number of amides is 1. The molecule has 0 aliphatic carbocycles. The molecule has 3 rings (SSSR count). The van der Waals surface area contributed by atoms with E-state index in [1.54, 1.807) is 35.3 Å². The number of primary amides is 1. The van der Waals surface area contributed by atoms with Gasteiger partial charge < -0.3 is 15.2 Å². The minimum Gasteiger partial charge on any atom is -0.368 e. The van der Waals surface area contributed by atoms with Crippen LogP contribution in [0.25, 0.3) is 0 Å². The monoisotopic (exact) mass is 371 g/mol. The first-order valence-electron chi connectivity index (χ1n) is 7.57. The molecule has 126 valence electrons. The second-order valence-electron chi connectivity index (χ2n) is 5.50. The standard InChI is InChI=1S/C16H21NO3S3/c1-21-10-7-15(19-8-9-20-15)16(14(17)18)22-11-13(23-16)12-5-3-2-4-6-12/h2-6,13H,7-11H2,1H3,(H2,17,18)/t13?,16-/m0/s1. The highest BCUT2D eigenvalue weighted by Gasteiger charge is 2.64. The molecule has 1 amide bonds. The average Bonchev–Trinajstić information content (AvgIpc) is 3.22. The van der Waals surface area contributed by atoms with Crippen LogP contribution < -0.4 is 5.73 Å². The molecule has 2 fully saturated rings. The zero-order chi connectivity index (χ0) is 16.3. The molecule has 2 aliphatic heterocycles. The van der Waals surface area contributed by atoms with Gasteiger partial charge in [-0.2, -0.15) is 11.8 Å². The molecule has 2 saturated heterocycles. The highest BCUT2D eigenvalue weighted by Crippen LogP contribution is 2.62. The van der Waals surface area contributed by atoms with Crippen LogP contribution in [-0.2, 0) is 14.3 Å². The molecule has 0 radical (unpaired) electrons. The van der Waals surface area contributed by atoms with Crippen LogP contribution >= 0.6 is 35.3 Å². The molecular formula is C16H21NO3S3. The van der Waals surface area contributed by atoms with Gasteiger partial charge in [-0.1, -0.05) is 30.3 Å². The summed E-state index contributed by atoms with van der Waals surface area (Å²) < 4.78 is 11.1. The topological polar surface area (TPSA) is 61.6 Å². The van der Waals surface area contributed by atoms with Crippen molar-refractivity contribution in [1.82, 2.24) is 0 Å². The van der Waals surface area contributed by atoms with Crippen molar-refractivity contribution in [3.05, 3.63) is 35.9 Å². The Morgan fingerprint density at radius 2 is 2.04 bits per heavy atom. The Kier molecular flexibility index (Phi) is 5.53. The third-order valence-electron chi connectivity index (χ3n) is 4.13. The largest absolute Gasteiger partial charge is 0.368 e. The van der Waals surface area contributed by atoms with Crippen molar-refractivity contribution in [1.29, 1.82) is 0 Å². The Labute approximate surface area is 149 Å². The molecule has 1 aromatic carbocycles. The highest BCUT2D eigenvalue weighted by molar-refractivity contribution is 8.22. The maximum atomic E-state index is 12.5. The van der Waals surface area contributed by atoms with Crippen molar-refractivity contribution in [2.75, 3.05) is 31.0 Å². The van der Waals surface area contributed by atoms with E-state index in [2.05, 4.69) is 12.1 Å². The minimum atomic E-state index is -0.916. The quantitative estimate of drug-likeness (QED) is 0.830. The number of thioether (sulfide) groups is 3. The number of hydrogen-bond donors (Lipinski definition) is 1. The lowest BCUT2D eigenvalue weighted by Crippen LogP contribution is -2.57. The number of nitrogens with two attached hydrogens (primary N) is 1. The third kappa shape index (κ3) is 3.14. The Morgan fingerprint density at radius 1 is 1.35 bits per heavy atom. The Hall–Kier alpha value is -0.340. The number of carbonyl (C=O) groups is 1. The van der Waals surface area contributed by atoms with Gasteiger partial charge in [-0.15, -0.1) is 23.5 Å². The second-order valence-corrected chi connectivity index (χ2v) is 9.40. The lowest BCUT2D eigenvalue weighted by molar-refractivity contribution is -0.171. The predicted octanol–water partition coefficient (Wildman–Crippen LogP) is 2.89. The van der Waals surface area contributed by atoms with Crippen LogP contribution in [0.4, 0.5) is 0 Å². The molecule has 2 heterocycles. The van der Waals surface area contributed by atoms with Gasteiger partial charge in [0.05, 0.1) is 13.2 Å². The SMILES string of the molecule is CSCCC1([C@@]2(C(N)=O)SCC(c3ccccc3)S2)OCCO1. The van der Waals surface area contributed by atoms with Crippen molar-refractivity contribution < 1.29 is 14.3 Å². The molecule has 0 bridgehead atoms. The number of benzene rings is 1. The molecule has 0 spiro atoms. The summed E-state index contributed by atoms with van der Waals surface area (Å²) in [6.07, 6.45) is 2.71. The first kappa shape index (κ1) is 17.5. The summed E-state index contributed by atoms with van der Waals surface area (Å²) in [6, 6.07) is 10.2. The van der Waals surface area contributed by atoms with E-state index < -0.39 is 9.87 Å². The summed E-state index contributed by atoms with van der Waals surface area (Å²) in [7, 11) is 0. The van der Waals surface area contributed by atoms with E-state index in [4.69, 9.17) is 15.2 Å². The second kappa shape index (κ2) is 7.27. The zero-order valence-electron chi connectivity index (χ0n) is 13.0. The molecule has 4 nitrogen and oxygen atoms in total. The smallest absolute Gasteiger partial charge is 0.249 e. The van der Waals surface area contributed by atoms with Gasteiger partial charge in [-0.3, -0.25) is 4.79 Å². The number of hydrogen-bond acceptors (Lipinski definition) is 6. The van der Waals surface area contributed by atoms with Crippen molar-refractivity contribution >= 4 is 41.2 Å². The molecule has 2 N–H and O–H groups in total. The van der Waals surface area contributed by atoms with Crippen molar-refractivity contribution in [2.45, 2.75) is 21.5 Å². The fourth-order valence-electron chi connectivity index (χ4n) is 3.00. The zero-order valence-corrected chi connectivity index (χ0v) is 15.5. The van der Waals surface area contributed by atoms with Crippen molar-refractivity contribution in [3.8, 4) is 0 Å². The van der Waals surface area contributed by atoms with Crippen molar-refractivity contribution in [3.63, 3.8) is 0 Å². The van der Waals surface area contributed by atoms with Crippen LogP contribution in [0.3, 0.4) is 0 Å². The fraction of sp³-hybridized carbons (Fsp3) is 0.562. The molecule has 2 atom stereocenters. The Bertz CT molecular complexity index is 551. The summed E-state index contributed by atoms with van der Waals surface area (Å²) in [4.78, 5) is 12.5. The maximum absolute atomic E-state index is 12.5. The van der Waals surface area contributed by atoms with E-state index in [0.29, 0.717) is 19.6 Å². The number of carbonyl (C=O) groups excluding carboxylic acids is 1. The number of ether oxygens (including phenoxy) is 2. The molecule has 23 heavy (non-hydrogen) atoms. The summed E-state index contributed by atoms with van der Waals surface area (Å²) >= 11 is 4.89. The van der Waals surface area contributed by atoms with Crippen LogP contribution in [0, 0.1) is 0 Å². The third-order valence-corrected chi connectivity index (χ3v) is 8.58. The summed E-state index contributed by atoms with van der Waals surface area (Å²) in [5.74, 6) is 0.423. The van der Waals surface area contributed by atoms with Crippen LogP contribution in [-0.4, -0.2) is 46.7 Å². The van der Waals surface area contributed by atoms with E-state index in [1.165, 1.54) is 5.56 Å². The van der Waals surface area contributed by atoms with E-state index >= 15 is 0 Å². The Morgan fingerprint density at radius 3 is 2.65 bits per heavy atom. The first-order valence-corrected chi connectivity index (χ1v) is 10.8. The Balaban J connectivity index is 1.90. The molecule has 0 saturated carbocycles. The van der Waals surface area contributed by atoms with Gasteiger partial charge in [-0.05, 0) is 17.6 Å². The van der Waals surface area contributed by atoms with Crippen LogP contribution in [0.1, 0.15) is 17.2 Å². The maximum Gasteiger partial charge on any atom is 0.249 e. The first-order chi connectivity index (χ1) is 11.1. The van der Waals surface area contributed by atoms with Gasteiger partial charge in [0.15, 0.2) is 4.08 Å². The molecule has 0 aromatic heterocycles. The van der Waals surface area contributed by atoms with Gasteiger partial charge in [0.2, 0.25) is 11.7 Å². The molecule has 2 aliphatic rings. The lowest BCUT2D eigenvalue weighted by Gasteiger charge is -2.40. The highest BCUT2D eigenvalue weighted by atomic mass is 32.2. The fourth-order valence-corrected chi connectivity index (χ4v) is 7.14. The normalized spacial score (nSPS) is 29.7. The van der Waals surface area contributed by atoms with E-state index in [0.717, 1.165) is 11.5 Å². The van der Waals surface area contributed by atoms with Crippen molar-refractivity contribution in [2.24, 2.45) is 5.73 Å². The summed E-state index contributed by atoms with van der Waals surface area (Å²) in [5, 5.41) is 0.215. The summed E-state index contributed by atoms with van der Waals surface area (Å²) in [6.45, 7) is 1.03. The van der Waals surface area contributed by atoms with Gasteiger partial charge in [-0.25, -0.2) is 0 Å². The minimum absolute atomic E-state index is 0.215. The molecule has 7 heteroatoms. The van der Waals surface area contributed by atoms with E-state index in [1.807, 2.05) is 24.5 Å².